The lowest BCUT2D eigenvalue weighted by atomic mass is 10.1. The quantitative estimate of drug-likeness (QED) is 0.141. The molecule has 0 bridgehead atoms. The number of methoxy groups -OCH3 is 1. The first-order chi connectivity index (χ1) is 14.5. The predicted octanol–water partition coefficient (Wildman–Crippen LogP) is 4.72. The SMILES string of the molecule is COc1cc(/C=C/C(=O)c2ccccc2)ccc1OC(=O)c1ccc([N+](=O)[O-])cc1. The minimum Gasteiger partial charge on any atom is -0.493 e. The maximum atomic E-state index is 12.3. The summed E-state index contributed by atoms with van der Waals surface area (Å²) in [5.41, 5.74) is 1.31. The summed E-state index contributed by atoms with van der Waals surface area (Å²) in [6.45, 7) is 0. The number of rotatable bonds is 7. The van der Waals surface area contributed by atoms with E-state index in [9.17, 15) is 19.7 Å². The van der Waals surface area contributed by atoms with Gasteiger partial charge in [-0.25, -0.2) is 4.79 Å². The van der Waals surface area contributed by atoms with Gasteiger partial charge in [-0.1, -0.05) is 42.5 Å². The second-order valence-electron chi connectivity index (χ2n) is 6.17. The molecule has 0 heterocycles. The van der Waals surface area contributed by atoms with E-state index in [0.717, 1.165) is 0 Å². The van der Waals surface area contributed by atoms with Crippen LogP contribution in [0.15, 0.2) is 78.9 Å². The van der Waals surface area contributed by atoms with Crippen LogP contribution in [-0.2, 0) is 0 Å². The highest BCUT2D eigenvalue weighted by molar-refractivity contribution is 6.06. The third kappa shape index (κ3) is 4.96. The summed E-state index contributed by atoms with van der Waals surface area (Å²) in [5.74, 6) is -0.319. The molecule has 3 aromatic carbocycles. The molecule has 0 aromatic heterocycles. The molecule has 0 aliphatic rings. The van der Waals surface area contributed by atoms with Gasteiger partial charge in [0, 0.05) is 17.7 Å². The van der Waals surface area contributed by atoms with E-state index >= 15 is 0 Å². The molecule has 0 aliphatic carbocycles. The highest BCUT2D eigenvalue weighted by Gasteiger charge is 2.14. The molecule has 0 saturated heterocycles. The molecular formula is C23H17NO6. The maximum absolute atomic E-state index is 12.3. The van der Waals surface area contributed by atoms with E-state index in [0.29, 0.717) is 16.9 Å². The van der Waals surface area contributed by atoms with Crippen molar-refractivity contribution in [2.24, 2.45) is 0 Å². The molecule has 30 heavy (non-hydrogen) atoms. The molecule has 7 heteroatoms. The van der Waals surface area contributed by atoms with E-state index < -0.39 is 10.9 Å². The number of nitro groups is 1. The molecule has 7 nitrogen and oxygen atoms in total. The van der Waals surface area contributed by atoms with Crippen molar-refractivity contribution in [2.75, 3.05) is 7.11 Å². The second-order valence-corrected chi connectivity index (χ2v) is 6.17. The number of benzene rings is 3. The minimum atomic E-state index is -0.675. The standard InChI is InChI=1S/C23H17NO6/c1-29-22-15-16(7-13-20(25)17-5-3-2-4-6-17)8-14-21(22)30-23(26)18-9-11-19(12-10-18)24(27)28/h2-15H,1H3/b13-7+. The van der Waals surface area contributed by atoms with Crippen molar-refractivity contribution in [3.05, 3.63) is 106 Å². The van der Waals surface area contributed by atoms with Gasteiger partial charge >= 0.3 is 5.97 Å². The van der Waals surface area contributed by atoms with Crippen LogP contribution in [0.25, 0.3) is 6.08 Å². The highest BCUT2D eigenvalue weighted by Crippen LogP contribution is 2.29. The highest BCUT2D eigenvalue weighted by atomic mass is 16.6. The Kier molecular flexibility index (Phi) is 6.34. The van der Waals surface area contributed by atoms with Crippen molar-refractivity contribution in [3.63, 3.8) is 0 Å². The number of carbonyl (C=O) groups is 2. The van der Waals surface area contributed by atoms with E-state index in [2.05, 4.69) is 0 Å². The molecule has 0 N–H and O–H groups in total. The predicted molar refractivity (Wildman–Crippen MR) is 111 cm³/mol. The largest absolute Gasteiger partial charge is 0.493 e. The van der Waals surface area contributed by atoms with Crippen LogP contribution in [0.1, 0.15) is 26.3 Å². The second kappa shape index (κ2) is 9.29. The number of allylic oxidation sites excluding steroid dienone is 1. The molecule has 0 atom stereocenters. The number of esters is 1. The van der Waals surface area contributed by atoms with Crippen LogP contribution >= 0.6 is 0 Å². The normalized spacial score (nSPS) is 10.6. The molecule has 150 valence electrons. The van der Waals surface area contributed by atoms with E-state index in [1.807, 2.05) is 6.07 Å². The third-order valence-electron chi connectivity index (χ3n) is 4.19. The third-order valence-corrected chi connectivity index (χ3v) is 4.19. The molecule has 0 aliphatic heterocycles. The Morgan fingerprint density at radius 1 is 0.900 bits per heavy atom. The summed E-state index contributed by atoms with van der Waals surface area (Å²) < 4.78 is 10.6. The number of carbonyl (C=O) groups excluding carboxylic acids is 2. The smallest absolute Gasteiger partial charge is 0.343 e. The summed E-state index contributed by atoms with van der Waals surface area (Å²) in [6, 6.07) is 18.8. The molecular weight excluding hydrogens is 386 g/mol. The zero-order valence-corrected chi connectivity index (χ0v) is 16.0. The van der Waals surface area contributed by atoms with Crippen molar-refractivity contribution in [1.82, 2.24) is 0 Å². The molecule has 0 amide bonds. The summed E-state index contributed by atoms with van der Waals surface area (Å²) >= 11 is 0. The fraction of sp³-hybridized carbons (Fsp3) is 0.0435. The Bertz CT molecular complexity index is 1100. The number of hydrogen-bond donors (Lipinski definition) is 0. The Labute approximate surface area is 172 Å². The summed E-state index contributed by atoms with van der Waals surface area (Å²) in [5, 5.41) is 10.7. The van der Waals surface area contributed by atoms with Gasteiger partial charge in [0.25, 0.3) is 5.69 Å². The molecule has 0 unspecified atom stereocenters. The van der Waals surface area contributed by atoms with E-state index in [1.54, 1.807) is 48.5 Å². The van der Waals surface area contributed by atoms with Crippen molar-refractivity contribution in [1.29, 1.82) is 0 Å². The fourth-order valence-corrected chi connectivity index (χ4v) is 2.62. The van der Waals surface area contributed by atoms with Gasteiger partial charge in [0.15, 0.2) is 17.3 Å². The molecule has 0 saturated carbocycles. The number of non-ortho nitro benzene ring substituents is 1. The average molecular weight is 403 g/mol. The Balaban J connectivity index is 1.73. The van der Waals surface area contributed by atoms with Crippen LogP contribution < -0.4 is 9.47 Å². The van der Waals surface area contributed by atoms with Gasteiger partial charge in [0.05, 0.1) is 17.6 Å². The van der Waals surface area contributed by atoms with Crippen LogP contribution in [0.2, 0.25) is 0 Å². The van der Waals surface area contributed by atoms with Crippen LogP contribution in [-0.4, -0.2) is 23.8 Å². The molecule has 0 fully saturated rings. The molecule has 3 aromatic rings. The molecule has 3 rings (SSSR count). The van der Waals surface area contributed by atoms with E-state index in [4.69, 9.17) is 9.47 Å². The number of nitro benzene ring substituents is 1. The van der Waals surface area contributed by atoms with Crippen LogP contribution in [0.3, 0.4) is 0 Å². The Hall–Kier alpha value is -4.26. The topological polar surface area (TPSA) is 95.7 Å². The lowest BCUT2D eigenvalue weighted by molar-refractivity contribution is -0.384. The van der Waals surface area contributed by atoms with Crippen molar-refractivity contribution >= 4 is 23.5 Å². The first kappa shape index (κ1) is 20.5. The fourth-order valence-electron chi connectivity index (χ4n) is 2.62. The summed E-state index contributed by atoms with van der Waals surface area (Å²) in [7, 11) is 1.43. The van der Waals surface area contributed by atoms with Crippen LogP contribution in [0, 0.1) is 10.1 Å². The van der Waals surface area contributed by atoms with Gasteiger partial charge in [0.2, 0.25) is 0 Å². The number of ether oxygens (including phenoxy) is 2. The van der Waals surface area contributed by atoms with Gasteiger partial charge in [-0.05, 0) is 35.9 Å². The first-order valence-corrected chi connectivity index (χ1v) is 8.90. The summed E-state index contributed by atoms with van der Waals surface area (Å²) in [4.78, 5) is 34.7. The van der Waals surface area contributed by atoms with E-state index in [-0.39, 0.29) is 22.8 Å². The van der Waals surface area contributed by atoms with Crippen LogP contribution in [0.5, 0.6) is 11.5 Å². The number of ketones is 1. The number of nitrogens with zero attached hydrogens (tertiary/aromatic N) is 1. The van der Waals surface area contributed by atoms with Crippen molar-refractivity contribution < 1.29 is 24.0 Å². The monoisotopic (exact) mass is 403 g/mol. The van der Waals surface area contributed by atoms with Gasteiger partial charge in [-0.3, -0.25) is 14.9 Å². The van der Waals surface area contributed by atoms with Gasteiger partial charge in [0.1, 0.15) is 0 Å². The molecule has 0 spiro atoms. The summed E-state index contributed by atoms with van der Waals surface area (Å²) in [6.07, 6.45) is 3.09. The minimum absolute atomic E-state index is 0.120. The van der Waals surface area contributed by atoms with Crippen molar-refractivity contribution in [3.8, 4) is 11.5 Å². The van der Waals surface area contributed by atoms with Gasteiger partial charge < -0.3 is 9.47 Å². The van der Waals surface area contributed by atoms with Crippen LogP contribution in [0.4, 0.5) is 5.69 Å². The lowest BCUT2D eigenvalue weighted by Gasteiger charge is -2.10. The van der Waals surface area contributed by atoms with E-state index in [1.165, 1.54) is 37.5 Å². The Morgan fingerprint density at radius 2 is 1.60 bits per heavy atom. The lowest BCUT2D eigenvalue weighted by Crippen LogP contribution is -2.09. The van der Waals surface area contributed by atoms with Gasteiger partial charge in [-0.15, -0.1) is 0 Å². The number of hydrogen-bond acceptors (Lipinski definition) is 6. The maximum Gasteiger partial charge on any atom is 0.343 e. The van der Waals surface area contributed by atoms with Gasteiger partial charge in [-0.2, -0.15) is 0 Å². The molecule has 0 radical (unpaired) electrons. The van der Waals surface area contributed by atoms with Crippen molar-refractivity contribution in [2.45, 2.75) is 0 Å². The first-order valence-electron chi connectivity index (χ1n) is 8.90. The zero-order chi connectivity index (χ0) is 21.5. The average Bonchev–Trinajstić information content (AvgIpc) is 2.78. The zero-order valence-electron chi connectivity index (χ0n) is 16.0. The Morgan fingerprint density at radius 3 is 2.23 bits per heavy atom.